The molecule has 1 aromatic rings. The Balaban J connectivity index is 2.58. The van der Waals surface area contributed by atoms with Gasteiger partial charge in [0.1, 0.15) is 6.61 Å². The van der Waals surface area contributed by atoms with Crippen LogP contribution in [0.3, 0.4) is 0 Å². The summed E-state index contributed by atoms with van der Waals surface area (Å²) in [5, 5.41) is 0. The van der Waals surface area contributed by atoms with E-state index in [1.54, 1.807) is 11.0 Å². The number of hydrogen-bond acceptors (Lipinski definition) is 3. The molecule has 0 atom stereocenters. The quantitative estimate of drug-likeness (QED) is 0.720. The van der Waals surface area contributed by atoms with E-state index in [-0.39, 0.29) is 18.6 Å². The minimum atomic E-state index is -0.0341. The molecular weight excluding hydrogens is 270 g/mol. The number of hydrogen-bond donors (Lipinski definition) is 0. The summed E-state index contributed by atoms with van der Waals surface area (Å²) in [6.07, 6.45) is 1.76. The Hall–Kier alpha value is -0.840. The Morgan fingerprint density at radius 3 is 2.83 bits per heavy atom. The van der Waals surface area contributed by atoms with Gasteiger partial charge >= 0.3 is 0 Å². The summed E-state index contributed by atoms with van der Waals surface area (Å²) in [5.41, 5.74) is 0. The van der Waals surface area contributed by atoms with Gasteiger partial charge in [-0.1, -0.05) is 17.7 Å². The molecule has 1 rings (SSSR count). The Morgan fingerprint density at radius 1 is 1.61 bits per heavy atom. The molecule has 0 saturated carbocycles. The minimum absolute atomic E-state index is 0.0341. The highest BCUT2D eigenvalue weighted by Gasteiger charge is 2.14. The van der Waals surface area contributed by atoms with Crippen LogP contribution >= 0.6 is 22.9 Å². The van der Waals surface area contributed by atoms with E-state index in [1.807, 2.05) is 26.0 Å². The summed E-state index contributed by atoms with van der Waals surface area (Å²) in [6, 6.07) is 3.77. The van der Waals surface area contributed by atoms with E-state index in [1.165, 1.54) is 11.3 Å². The Morgan fingerprint density at radius 2 is 2.33 bits per heavy atom. The van der Waals surface area contributed by atoms with E-state index >= 15 is 0 Å². The normalized spacial score (nSPS) is 10.7. The van der Waals surface area contributed by atoms with Gasteiger partial charge in [0, 0.05) is 11.4 Å². The van der Waals surface area contributed by atoms with E-state index in [9.17, 15) is 4.79 Å². The fraction of sp³-hybridized carbons (Fsp3) is 0.462. The van der Waals surface area contributed by atoms with Crippen molar-refractivity contribution in [1.82, 2.24) is 4.90 Å². The minimum Gasteiger partial charge on any atom is -0.369 e. The zero-order chi connectivity index (χ0) is 13.5. The van der Waals surface area contributed by atoms with E-state index in [2.05, 4.69) is 6.58 Å². The van der Waals surface area contributed by atoms with Crippen LogP contribution in [0.15, 0.2) is 24.8 Å². The van der Waals surface area contributed by atoms with Gasteiger partial charge in [0.15, 0.2) is 0 Å². The summed E-state index contributed by atoms with van der Waals surface area (Å²) in [5.74, 6) is -0.0341. The molecule has 1 heterocycles. The number of thiophene rings is 1. The second-order valence-corrected chi connectivity index (χ2v) is 5.93. The van der Waals surface area contributed by atoms with Crippen LogP contribution in [0.2, 0.25) is 4.34 Å². The molecule has 0 aliphatic heterocycles. The highest BCUT2D eigenvalue weighted by molar-refractivity contribution is 7.16. The van der Waals surface area contributed by atoms with Crippen LogP contribution in [0, 0.1) is 0 Å². The van der Waals surface area contributed by atoms with Gasteiger partial charge in [0.2, 0.25) is 5.91 Å². The largest absolute Gasteiger partial charge is 0.369 e. The summed E-state index contributed by atoms with van der Waals surface area (Å²) >= 11 is 7.35. The second kappa shape index (κ2) is 7.56. The Labute approximate surface area is 117 Å². The van der Waals surface area contributed by atoms with Crippen LogP contribution in [-0.4, -0.2) is 30.1 Å². The molecule has 0 unspecified atom stereocenters. The predicted octanol–water partition coefficient (Wildman–Crippen LogP) is 3.34. The van der Waals surface area contributed by atoms with Crippen molar-refractivity contribution in [3.05, 3.63) is 34.0 Å². The summed E-state index contributed by atoms with van der Waals surface area (Å²) in [7, 11) is 0. The number of rotatable bonds is 7. The number of nitrogens with zero attached hydrogens (tertiary/aromatic N) is 1. The number of halogens is 1. The fourth-order valence-electron chi connectivity index (χ4n) is 1.36. The number of amides is 1. The SMILES string of the molecule is C=CCN(Cc1ccc(Cl)s1)C(=O)COC(C)C. The van der Waals surface area contributed by atoms with Gasteiger partial charge in [-0.15, -0.1) is 17.9 Å². The van der Waals surface area contributed by atoms with Gasteiger partial charge in [-0.05, 0) is 26.0 Å². The molecule has 18 heavy (non-hydrogen) atoms. The lowest BCUT2D eigenvalue weighted by molar-refractivity contribution is -0.137. The van der Waals surface area contributed by atoms with Gasteiger partial charge in [-0.2, -0.15) is 0 Å². The van der Waals surface area contributed by atoms with Gasteiger partial charge in [0.05, 0.1) is 17.0 Å². The molecule has 0 spiro atoms. The molecule has 100 valence electrons. The van der Waals surface area contributed by atoms with Gasteiger partial charge in [-0.25, -0.2) is 0 Å². The molecule has 0 aromatic carbocycles. The average Bonchev–Trinajstić information content (AvgIpc) is 2.71. The highest BCUT2D eigenvalue weighted by Crippen LogP contribution is 2.22. The predicted molar refractivity (Wildman–Crippen MR) is 76.0 cm³/mol. The van der Waals surface area contributed by atoms with Crippen LogP contribution in [0.25, 0.3) is 0 Å². The molecule has 0 aliphatic rings. The first-order valence-electron chi connectivity index (χ1n) is 5.77. The number of carbonyl (C=O) groups excluding carboxylic acids is 1. The topological polar surface area (TPSA) is 29.5 Å². The van der Waals surface area contributed by atoms with Gasteiger partial charge < -0.3 is 9.64 Å². The first kappa shape index (κ1) is 15.2. The molecule has 0 N–H and O–H groups in total. The molecule has 0 bridgehead atoms. The van der Waals surface area contributed by atoms with E-state index < -0.39 is 0 Å². The maximum absolute atomic E-state index is 12.0. The van der Waals surface area contributed by atoms with Crippen molar-refractivity contribution >= 4 is 28.8 Å². The summed E-state index contributed by atoms with van der Waals surface area (Å²) in [6.45, 7) is 8.64. The van der Waals surface area contributed by atoms with Crippen molar-refractivity contribution < 1.29 is 9.53 Å². The maximum atomic E-state index is 12.0. The van der Waals surface area contributed by atoms with Crippen molar-refractivity contribution in [2.75, 3.05) is 13.2 Å². The molecule has 0 radical (unpaired) electrons. The summed E-state index contributed by atoms with van der Waals surface area (Å²) < 4.78 is 6.06. The first-order chi connectivity index (χ1) is 8.52. The van der Waals surface area contributed by atoms with Crippen LogP contribution < -0.4 is 0 Å². The standard InChI is InChI=1S/C13H18ClNO2S/c1-4-7-15(13(16)9-17-10(2)3)8-11-5-6-12(14)18-11/h4-6,10H,1,7-9H2,2-3H3. The molecule has 0 fully saturated rings. The smallest absolute Gasteiger partial charge is 0.249 e. The van der Waals surface area contributed by atoms with Crippen molar-refractivity contribution in [3.63, 3.8) is 0 Å². The van der Waals surface area contributed by atoms with E-state index in [0.29, 0.717) is 13.1 Å². The lowest BCUT2D eigenvalue weighted by Gasteiger charge is -2.21. The van der Waals surface area contributed by atoms with Crippen LogP contribution in [0.4, 0.5) is 0 Å². The first-order valence-corrected chi connectivity index (χ1v) is 6.97. The fourth-order valence-corrected chi connectivity index (χ4v) is 2.47. The monoisotopic (exact) mass is 287 g/mol. The lowest BCUT2D eigenvalue weighted by Crippen LogP contribution is -2.34. The third-order valence-corrected chi connectivity index (χ3v) is 3.43. The maximum Gasteiger partial charge on any atom is 0.249 e. The Bertz CT molecular complexity index is 403. The zero-order valence-electron chi connectivity index (χ0n) is 10.7. The van der Waals surface area contributed by atoms with Crippen molar-refractivity contribution in [2.45, 2.75) is 26.5 Å². The molecule has 3 nitrogen and oxygen atoms in total. The molecule has 5 heteroatoms. The highest BCUT2D eigenvalue weighted by atomic mass is 35.5. The van der Waals surface area contributed by atoms with Crippen LogP contribution in [0.5, 0.6) is 0 Å². The van der Waals surface area contributed by atoms with Crippen molar-refractivity contribution in [1.29, 1.82) is 0 Å². The second-order valence-electron chi connectivity index (χ2n) is 4.13. The zero-order valence-corrected chi connectivity index (χ0v) is 12.3. The third-order valence-electron chi connectivity index (χ3n) is 2.22. The third kappa shape index (κ3) is 5.21. The van der Waals surface area contributed by atoms with Gasteiger partial charge in [-0.3, -0.25) is 4.79 Å². The Kier molecular flexibility index (Phi) is 6.39. The lowest BCUT2D eigenvalue weighted by atomic mass is 10.3. The molecule has 0 saturated heterocycles. The van der Waals surface area contributed by atoms with Crippen molar-refractivity contribution in [3.8, 4) is 0 Å². The van der Waals surface area contributed by atoms with Gasteiger partial charge in [0.25, 0.3) is 0 Å². The molecule has 0 aliphatic carbocycles. The van der Waals surface area contributed by atoms with Crippen LogP contribution in [-0.2, 0) is 16.1 Å². The van der Waals surface area contributed by atoms with E-state index in [4.69, 9.17) is 16.3 Å². The summed E-state index contributed by atoms with van der Waals surface area (Å²) in [4.78, 5) is 14.7. The molecular formula is C13H18ClNO2S. The number of carbonyl (C=O) groups is 1. The number of ether oxygens (including phenoxy) is 1. The molecule has 1 amide bonds. The van der Waals surface area contributed by atoms with E-state index in [0.717, 1.165) is 9.21 Å². The van der Waals surface area contributed by atoms with Crippen LogP contribution in [0.1, 0.15) is 18.7 Å². The molecule has 1 aromatic heterocycles. The average molecular weight is 288 g/mol. The van der Waals surface area contributed by atoms with Crippen molar-refractivity contribution in [2.24, 2.45) is 0 Å².